The number of nitriles is 1. The Morgan fingerprint density at radius 1 is 1.53 bits per heavy atom. The van der Waals surface area contributed by atoms with Gasteiger partial charge in [-0.05, 0) is 18.2 Å². The van der Waals surface area contributed by atoms with Gasteiger partial charge in [0.05, 0.1) is 23.3 Å². The Balaban J connectivity index is 2.76. The minimum absolute atomic E-state index is 0.00436. The van der Waals surface area contributed by atoms with Gasteiger partial charge in [-0.3, -0.25) is 9.36 Å². The van der Waals surface area contributed by atoms with Gasteiger partial charge in [-0.15, -0.1) is 0 Å². The summed E-state index contributed by atoms with van der Waals surface area (Å²) in [5.41, 5.74) is 0.319. The zero-order valence-electron chi connectivity index (χ0n) is 7.64. The Morgan fingerprint density at radius 2 is 2.33 bits per heavy atom. The van der Waals surface area contributed by atoms with Crippen LogP contribution in [0.4, 0.5) is 0 Å². The molecule has 1 heterocycles. The van der Waals surface area contributed by atoms with Crippen LogP contribution in [0.2, 0.25) is 5.02 Å². The molecule has 0 spiro atoms. The maximum Gasteiger partial charge on any atom is 0.262 e. The van der Waals surface area contributed by atoms with Crippen LogP contribution in [0.15, 0.2) is 29.3 Å². The van der Waals surface area contributed by atoms with E-state index in [9.17, 15) is 4.79 Å². The Bertz CT molecular complexity index is 612. The summed E-state index contributed by atoms with van der Waals surface area (Å²) >= 11 is 5.77. The molecular formula is C10H6ClN3O. The molecule has 0 aliphatic heterocycles. The number of halogens is 1. The summed E-state index contributed by atoms with van der Waals surface area (Å²) in [6.45, 7) is 0.00436. The fourth-order valence-electron chi connectivity index (χ4n) is 1.32. The van der Waals surface area contributed by atoms with Gasteiger partial charge in [-0.1, -0.05) is 11.6 Å². The highest BCUT2D eigenvalue weighted by Crippen LogP contribution is 2.13. The predicted octanol–water partition coefficient (Wildman–Crippen LogP) is 1.57. The number of rotatable bonds is 1. The third-order valence-corrected chi connectivity index (χ3v) is 2.26. The summed E-state index contributed by atoms with van der Waals surface area (Å²) in [4.78, 5) is 15.8. The summed E-state index contributed by atoms with van der Waals surface area (Å²) in [6.07, 6.45) is 1.35. The molecule has 0 aliphatic carbocycles. The van der Waals surface area contributed by atoms with Crippen molar-refractivity contribution in [2.24, 2.45) is 0 Å². The first kappa shape index (κ1) is 9.69. The van der Waals surface area contributed by atoms with E-state index in [1.54, 1.807) is 18.2 Å². The Hall–Kier alpha value is -1.86. The first-order valence-electron chi connectivity index (χ1n) is 4.24. The summed E-state index contributed by atoms with van der Waals surface area (Å²) in [5, 5.41) is 9.51. The van der Waals surface area contributed by atoms with E-state index in [-0.39, 0.29) is 12.1 Å². The molecule has 2 rings (SSSR count). The third kappa shape index (κ3) is 1.69. The van der Waals surface area contributed by atoms with E-state index >= 15 is 0 Å². The van der Waals surface area contributed by atoms with Crippen LogP contribution < -0.4 is 5.56 Å². The van der Waals surface area contributed by atoms with Crippen molar-refractivity contribution in [3.63, 3.8) is 0 Å². The van der Waals surface area contributed by atoms with Gasteiger partial charge >= 0.3 is 0 Å². The van der Waals surface area contributed by atoms with E-state index in [1.165, 1.54) is 10.9 Å². The van der Waals surface area contributed by atoms with E-state index in [0.29, 0.717) is 15.9 Å². The maximum atomic E-state index is 11.8. The van der Waals surface area contributed by atoms with E-state index in [4.69, 9.17) is 16.9 Å². The highest BCUT2D eigenvalue weighted by atomic mass is 35.5. The lowest BCUT2D eigenvalue weighted by molar-refractivity contribution is 0.775. The van der Waals surface area contributed by atoms with Crippen molar-refractivity contribution in [2.75, 3.05) is 0 Å². The Morgan fingerprint density at radius 3 is 3.07 bits per heavy atom. The highest BCUT2D eigenvalue weighted by Gasteiger charge is 2.03. The molecule has 1 aromatic heterocycles. The van der Waals surface area contributed by atoms with Crippen LogP contribution >= 0.6 is 11.6 Å². The average Bonchev–Trinajstić information content (AvgIpc) is 2.22. The molecule has 0 bridgehead atoms. The van der Waals surface area contributed by atoms with Gasteiger partial charge in [0.25, 0.3) is 5.56 Å². The number of fused-ring (bicyclic) bond motifs is 1. The first-order valence-corrected chi connectivity index (χ1v) is 4.62. The summed E-state index contributed by atoms with van der Waals surface area (Å²) < 4.78 is 1.26. The molecule has 5 heteroatoms. The second kappa shape index (κ2) is 3.71. The number of aromatic nitrogens is 2. The third-order valence-electron chi connectivity index (χ3n) is 2.03. The van der Waals surface area contributed by atoms with Gasteiger partial charge < -0.3 is 0 Å². The van der Waals surface area contributed by atoms with Crippen LogP contribution in [0, 0.1) is 11.3 Å². The van der Waals surface area contributed by atoms with Crippen molar-refractivity contribution in [3.8, 4) is 6.07 Å². The van der Waals surface area contributed by atoms with E-state index < -0.39 is 0 Å². The van der Waals surface area contributed by atoms with Crippen LogP contribution in [0.25, 0.3) is 10.9 Å². The molecule has 0 N–H and O–H groups in total. The van der Waals surface area contributed by atoms with Gasteiger partial charge in [0, 0.05) is 5.02 Å². The van der Waals surface area contributed by atoms with Crippen LogP contribution in [0.1, 0.15) is 0 Å². The monoisotopic (exact) mass is 219 g/mol. The van der Waals surface area contributed by atoms with Crippen molar-refractivity contribution in [1.29, 1.82) is 5.26 Å². The topological polar surface area (TPSA) is 58.7 Å². The first-order chi connectivity index (χ1) is 7.22. The van der Waals surface area contributed by atoms with Gasteiger partial charge in [0.2, 0.25) is 0 Å². The molecule has 0 amide bonds. The molecular weight excluding hydrogens is 214 g/mol. The smallest absolute Gasteiger partial charge is 0.262 e. The van der Waals surface area contributed by atoms with E-state index in [1.807, 2.05) is 6.07 Å². The molecule has 0 atom stereocenters. The number of benzene rings is 1. The zero-order valence-corrected chi connectivity index (χ0v) is 8.40. The summed E-state index contributed by atoms with van der Waals surface area (Å²) in [7, 11) is 0. The van der Waals surface area contributed by atoms with Gasteiger partial charge in [0.1, 0.15) is 6.54 Å². The maximum absolute atomic E-state index is 11.8. The fraction of sp³-hybridized carbons (Fsp3) is 0.100. The molecule has 74 valence electrons. The number of hydrogen-bond donors (Lipinski definition) is 0. The number of hydrogen-bond acceptors (Lipinski definition) is 3. The van der Waals surface area contributed by atoms with Crippen LogP contribution in [0.3, 0.4) is 0 Å². The van der Waals surface area contributed by atoms with Gasteiger partial charge in [-0.2, -0.15) is 5.26 Å². The van der Waals surface area contributed by atoms with Crippen molar-refractivity contribution in [2.45, 2.75) is 6.54 Å². The lowest BCUT2D eigenvalue weighted by Crippen LogP contribution is -2.19. The molecule has 0 saturated heterocycles. The largest absolute Gasteiger partial charge is 0.285 e. The van der Waals surface area contributed by atoms with Crippen molar-refractivity contribution >= 4 is 22.5 Å². The molecule has 15 heavy (non-hydrogen) atoms. The minimum atomic E-state index is -0.224. The molecule has 0 aliphatic rings. The second-order valence-electron chi connectivity index (χ2n) is 3.00. The molecule has 0 fully saturated rings. The lowest BCUT2D eigenvalue weighted by atomic mass is 10.2. The highest BCUT2D eigenvalue weighted by molar-refractivity contribution is 6.31. The normalized spacial score (nSPS) is 10.1. The molecule has 0 radical (unpaired) electrons. The standard InChI is InChI=1S/C10H6ClN3O/c11-7-1-2-8-9(5-7)13-6-14(4-3-12)10(8)15/h1-2,5-6H,4H2. The quantitative estimate of drug-likeness (QED) is 0.732. The Labute approximate surface area is 90.3 Å². The molecule has 1 aromatic carbocycles. The lowest BCUT2D eigenvalue weighted by Gasteiger charge is -2.01. The minimum Gasteiger partial charge on any atom is -0.285 e. The molecule has 2 aromatic rings. The SMILES string of the molecule is N#CCn1cnc2cc(Cl)ccc2c1=O. The van der Waals surface area contributed by atoms with E-state index in [0.717, 1.165) is 0 Å². The van der Waals surface area contributed by atoms with Crippen LogP contribution in [0.5, 0.6) is 0 Å². The molecule has 0 unspecified atom stereocenters. The predicted molar refractivity (Wildman–Crippen MR) is 56.6 cm³/mol. The molecule has 4 nitrogen and oxygen atoms in total. The zero-order chi connectivity index (χ0) is 10.8. The number of nitrogens with zero attached hydrogens (tertiary/aromatic N) is 3. The summed E-state index contributed by atoms with van der Waals surface area (Å²) in [5.74, 6) is 0. The Kier molecular flexibility index (Phi) is 2.40. The molecule has 0 saturated carbocycles. The fourth-order valence-corrected chi connectivity index (χ4v) is 1.49. The van der Waals surface area contributed by atoms with Crippen LogP contribution in [-0.2, 0) is 6.54 Å². The van der Waals surface area contributed by atoms with Crippen LogP contribution in [-0.4, -0.2) is 9.55 Å². The summed E-state index contributed by atoms with van der Waals surface area (Å²) in [6, 6.07) is 6.76. The average molecular weight is 220 g/mol. The van der Waals surface area contributed by atoms with Crippen molar-refractivity contribution in [1.82, 2.24) is 9.55 Å². The van der Waals surface area contributed by atoms with Gasteiger partial charge in [-0.25, -0.2) is 4.98 Å². The van der Waals surface area contributed by atoms with Gasteiger partial charge in [0.15, 0.2) is 0 Å². The van der Waals surface area contributed by atoms with E-state index in [2.05, 4.69) is 4.98 Å². The van der Waals surface area contributed by atoms with Crippen molar-refractivity contribution < 1.29 is 0 Å². The van der Waals surface area contributed by atoms with Crippen molar-refractivity contribution in [3.05, 3.63) is 39.9 Å². The second-order valence-corrected chi connectivity index (χ2v) is 3.43.